The Bertz CT molecular complexity index is 892. The first-order valence-corrected chi connectivity index (χ1v) is 9.38. The summed E-state index contributed by atoms with van der Waals surface area (Å²) in [7, 11) is 0. The van der Waals surface area contributed by atoms with Crippen LogP contribution in [-0.4, -0.2) is 30.1 Å². The van der Waals surface area contributed by atoms with Crippen molar-refractivity contribution >= 4 is 17.5 Å². The topological polar surface area (TPSA) is 67.9 Å². The third-order valence-corrected chi connectivity index (χ3v) is 4.78. The Kier molecular flexibility index (Phi) is 5.87. The minimum Gasteiger partial charge on any atom is -0.454 e. The molecule has 0 spiro atoms. The highest BCUT2D eigenvalue weighted by Crippen LogP contribution is 2.33. The third kappa shape index (κ3) is 4.44. The summed E-state index contributed by atoms with van der Waals surface area (Å²) in [6.45, 7) is 8.12. The fourth-order valence-corrected chi connectivity index (χ4v) is 3.23. The summed E-state index contributed by atoms with van der Waals surface area (Å²) in [6.07, 6.45) is 0. The van der Waals surface area contributed by atoms with E-state index in [0.717, 1.165) is 22.4 Å². The van der Waals surface area contributed by atoms with E-state index in [0.29, 0.717) is 18.0 Å². The number of hydrogen-bond acceptors (Lipinski definition) is 4. The summed E-state index contributed by atoms with van der Waals surface area (Å²) in [5.41, 5.74) is 3.79. The molecule has 0 saturated carbocycles. The maximum atomic E-state index is 12.7. The average Bonchev–Trinajstić information content (AvgIpc) is 3.10. The van der Waals surface area contributed by atoms with Gasteiger partial charge in [0.05, 0.1) is 0 Å². The molecule has 2 amide bonds. The molecule has 2 aromatic rings. The molecule has 0 unspecified atom stereocenters. The number of carbonyl (C=O) groups excluding carboxylic acids is 2. The molecule has 1 aliphatic heterocycles. The van der Waals surface area contributed by atoms with Gasteiger partial charge in [-0.2, -0.15) is 0 Å². The van der Waals surface area contributed by atoms with Crippen molar-refractivity contribution in [3.8, 4) is 11.5 Å². The van der Waals surface area contributed by atoms with Crippen molar-refractivity contribution in [2.24, 2.45) is 0 Å². The van der Waals surface area contributed by atoms with Crippen molar-refractivity contribution in [2.75, 3.05) is 18.7 Å². The van der Waals surface area contributed by atoms with E-state index < -0.39 is 0 Å². The number of amides is 2. The monoisotopic (exact) mass is 382 g/mol. The first-order valence-electron chi connectivity index (χ1n) is 9.38. The quantitative estimate of drug-likeness (QED) is 0.824. The molecule has 0 saturated heterocycles. The van der Waals surface area contributed by atoms with Crippen LogP contribution in [0, 0.1) is 6.92 Å². The normalized spacial score (nSPS) is 12.2. The molecule has 28 heavy (non-hydrogen) atoms. The maximum Gasteiger partial charge on any atom is 0.244 e. The van der Waals surface area contributed by atoms with Gasteiger partial charge in [-0.1, -0.05) is 38.1 Å². The van der Waals surface area contributed by atoms with Crippen LogP contribution in [0.5, 0.6) is 11.5 Å². The van der Waals surface area contributed by atoms with Crippen molar-refractivity contribution in [2.45, 2.75) is 40.2 Å². The lowest BCUT2D eigenvalue weighted by Crippen LogP contribution is -2.36. The third-order valence-electron chi connectivity index (χ3n) is 4.78. The number of nitrogens with zero attached hydrogens (tertiary/aromatic N) is 1. The van der Waals surface area contributed by atoms with E-state index >= 15 is 0 Å². The number of carbonyl (C=O) groups is 2. The lowest BCUT2D eigenvalue weighted by atomic mass is 9.98. The van der Waals surface area contributed by atoms with Gasteiger partial charge in [-0.25, -0.2) is 0 Å². The van der Waals surface area contributed by atoms with Gasteiger partial charge in [0, 0.05) is 19.2 Å². The Hall–Kier alpha value is -3.02. The lowest BCUT2D eigenvalue weighted by Gasteiger charge is -2.22. The zero-order valence-electron chi connectivity index (χ0n) is 16.7. The van der Waals surface area contributed by atoms with Crippen molar-refractivity contribution in [3.63, 3.8) is 0 Å². The van der Waals surface area contributed by atoms with E-state index in [1.54, 1.807) is 0 Å². The number of hydrogen-bond donors (Lipinski definition) is 1. The van der Waals surface area contributed by atoms with Crippen LogP contribution in [-0.2, 0) is 16.1 Å². The Balaban J connectivity index is 1.71. The molecule has 1 heterocycles. The molecule has 0 aromatic heterocycles. The predicted molar refractivity (Wildman–Crippen MR) is 108 cm³/mol. The van der Waals surface area contributed by atoms with Gasteiger partial charge < -0.3 is 19.7 Å². The largest absolute Gasteiger partial charge is 0.454 e. The summed E-state index contributed by atoms with van der Waals surface area (Å²) in [5, 5.41) is 3.00. The highest BCUT2D eigenvalue weighted by Gasteiger charge is 2.19. The molecule has 1 aliphatic rings. The minimum absolute atomic E-state index is 0.0182. The number of ether oxygens (including phenoxy) is 2. The second-order valence-corrected chi connectivity index (χ2v) is 7.30. The zero-order valence-corrected chi connectivity index (χ0v) is 16.7. The van der Waals surface area contributed by atoms with Gasteiger partial charge in [-0.15, -0.1) is 0 Å². The van der Waals surface area contributed by atoms with E-state index in [2.05, 4.69) is 19.2 Å². The number of fused-ring (bicyclic) bond motifs is 1. The molecule has 0 bridgehead atoms. The van der Waals surface area contributed by atoms with Gasteiger partial charge in [0.2, 0.25) is 18.6 Å². The maximum absolute atomic E-state index is 12.7. The highest BCUT2D eigenvalue weighted by atomic mass is 16.7. The van der Waals surface area contributed by atoms with Crippen LogP contribution >= 0.6 is 0 Å². The summed E-state index contributed by atoms with van der Waals surface area (Å²) in [5.74, 6) is 1.25. The Morgan fingerprint density at radius 2 is 1.89 bits per heavy atom. The second-order valence-electron chi connectivity index (χ2n) is 7.30. The molecule has 0 radical (unpaired) electrons. The van der Waals surface area contributed by atoms with Crippen LogP contribution in [0.1, 0.15) is 43.4 Å². The summed E-state index contributed by atoms with van der Waals surface area (Å²) < 4.78 is 10.7. The summed E-state index contributed by atoms with van der Waals surface area (Å²) in [6, 6.07) is 11.5. The molecule has 0 fully saturated rings. The molecule has 1 N–H and O–H groups in total. The fourth-order valence-electron chi connectivity index (χ4n) is 3.23. The Labute approximate surface area is 165 Å². The molecule has 2 aromatic carbocycles. The van der Waals surface area contributed by atoms with Crippen molar-refractivity contribution < 1.29 is 19.1 Å². The number of aryl methyl sites for hydroxylation is 1. The van der Waals surface area contributed by atoms with Crippen molar-refractivity contribution in [3.05, 3.63) is 53.1 Å². The molecule has 3 rings (SSSR count). The first kappa shape index (κ1) is 19.7. The van der Waals surface area contributed by atoms with E-state index in [4.69, 9.17) is 9.47 Å². The molecule has 148 valence electrons. The Morgan fingerprint density at radius 3 is 2.61 bits per heavy atom. The van der Waals surface area contributed by atoms with Crippen molar-refractivity contribution in [1.29, 1.82) is 0 Å². The van der Waals surface area contributed by atoms with E-state index in [-0.39, 0.29) is 31.1 Å². The van der Waals surface area contributed by atoms with E-state index in [1.165, 1.54) is 11.8 Å². The van der Waals surface area contributed by atoms with Gasteiger partial charge in [0.1, 0.15) is 6.54 Å². The predicted octanol–water partition coefficient (Wildman–Crippen LogP) is 3.83. The van der Waals surface area contributed by atoms with Gasteiger partial charge in [-0.3, -0.25) is 9.59 Å². The molecular weight excluding hydrogens is 356 g/mol. The van der Waals surface area contributed by atoms with Crippen LogP contribution in [0.4, 0.5) is 5.69 Å². The number of para-hydroxylation sites is 1. The molecule has 0 aliphatic carbocycles. The average molecular weight is 382 g/mol. The fraction of sp³-hybridized carbons (Fsp3) is 0.364. The van der Waals surface area contributed by atoms with Crippen LogP contribution in [0.15, 0.2) is 36.4 Å². The van der Waals surface area contributed by atoms with E-state index in [9.17, 15) is 9.59 Å². The van der Waals surface area contributed by atoms with Gasteiger partial charge in [0.25, 0.3) is 0 Å². The Morgan fingerprint density at radius 1 is 1.14 bits per heavy atom. The molecule has 6 nitrogen and oxygen atoms in total. The lowest BCUT2D eigenvalue weighted by molar-refractivity contribution is -0.133. The first-order chi connectivity index (χ1) is 13.3. The minimum atomic E-state index is -0.216. The van der Waals surface area contributed by atoms with Crippen LogP contribution in [0.3, 0.4) is 0 Å². The number of nitrogens with one attached hydrogen (secondary N) is 1. The number of anilines is 1. The second kappa shape index (κ2) is 8.33. The molecule has 6 heteroatoms. The van der Waals surface area contributed by atoms with Crippen molar-refractivity contribution in [1.82, 2.24) is 4.90 Å². The standard InChI is InChI=1S/C22H26N2O4/c1-14(2)18-7-5-6-15(3)22(18)23-21(26)12-24(16(4)25)11-17-8-9-19-20(10-17)28-13-27-19/h5-10,14H,11-13H2,1-4H3,(H,23,26). The summed E-state index contributed by atoms with van der Waals surface area (Å²) in [4.78, 5) is 26.3. The molecule has 0 atom stereocenters. The molecular formula is C22H26N2O4. The van der Waals surface area contributed by atoms with Crippen LogP contribution in [0.2, 0.25) is 0 Å². The van der Waals surface area contributed by atoms with Gasteiger partial charge >= 0.3 is 0 Å². The van der Waals surface area contributed by atoms with E-state index in [1.807, 2.05) is 43.3 Å². The number of rotatable bonds is 6. The zero-order chi connectivity index (χ0) is 20.3. The highest BCUT2D eigenvalue weighted by molar-refractivity contribution is 5.95. The SMILES string of the molecule is CC(=O)N(CC(=O)Nc1c(C)cccc1C(C)C)Cc1ccc2c(c1)OCO2. The number of benzene rings is 2. The van der Waals surface area contributed by atoms with Crippen LogP contribution in [0.25, 0.3) is 0 Å². The van der Waals surface area contributed by atoms with Gasteiger partial charge in [0.15, 0.2) is 11.5 Å². The summed E-state index contributed by atoms with van der Waals surface area (Å²) >= 11 is 0. The van der Waals surface area contributed by atoms with Crippen LogP contribution < -0.4 is 14.8 Å². The van der Waals surface area contributed by atoms with Gasteiger partial charge in [-0.05, 0) is 41.7 Å². The smallest absolute Gasteiger partial charge is 0.244 e.